The van der Waals surface area contributed by atoms with Crippen LogP contribution < -0.4 is 5.32 Å². The molecule has 2 rings (SSSR count). The van der Waals surface area contributed by atoms with Crippen molar-refractivity contribution in [1.29, 1.82) is 0 Å². The number of rotatable bonds is 7. The highest BCUT2D eigenvalue weighted by atomic mass is 32.1. The highest BCUT2D eigenvalue weighted by Crippen LogP contribution is 2.24. The normalized spacial score (nSPS) is 12.3. The van der Waals surface area contributed by atoms with E-state index in [2.05, 4.69) is 53.8 Å². The van der Waals surface area contributed by atoms with Gasteiger partial charge >= 0.3 is 0 Å². The molecule has 1 N–H and O–H groups in total. The smallest absolute Gasteiger partial charge is 0.0901 e. The largest absolute Gasteiger partial charge is 0.383 e. The predicted octanol–water partition coefficient (Wildman–Crippen LogP) is 5.50. The second-order valence-corrected chi connectivity index (χ2v) is 6.44. The molecule has 0 amide bonds. The first-order valence-corrected chi connectivity index (χ1v) is 8.36. The maximum absolute atomic E-state index is 4.55. The van der Waals surface area contributed by atoms with E-state index in [1.54, 1.807) is 11.3 Å². The van der Waals surface area contributed by atoms with Crippen LogP contribution in [0, 0.1) is 6.92 Å². The van der Waals surface area contributed by atoms with Gasteiger partial charge in [0.05, 0.1) is 10.7 Å². The number of nitrogens with zero attached hydrogens (tertiary/aromatic N) is 1. The Morgan fingerprint density at radius 3 is 2.85 bits per heavy atom. The van der Waals surface area contributed by atoms with Crippen molar-refractivity contribution in [3.8, 4) is 11.3 Å². The van der Waals surface area contributed by atoms with E-state index in [1.165, 1.54) is 36.9 Å². The topological polar surface area (TPSA) is 24.9 Å². The zero-order valence-corrected chi connectivity index (χ0v) is 13.5. The molecule has 20 heavy (non-hydrogen) atoms. The molecule has 1 aromatic heterocycles. The number of unbranched alkanes of at least 4 members (excludes halogenated alkanes) is 2. The number of anilines is 1. The lowest BCUT2D eigenvalue weighted by atomic mass is 10.1. The van der Waals surface area contributed by atoms with E-state index in [4.69, 9.17) is 0 Å². The lowest BCUT2D eigenvalue weighted by Crippen LogP contribution is -2.14. The molecule has 2 aromatic rings. The third-order valence-electron chi connectivity index (χ3n) is 3.43. The number of benzene rings is 1. The third-order valence-corrected chi connectivity index (χ3v) is 4.20. The van der Waals surface area contributed by atoms with Gasteiger partial charge in [-0.1, -0.05) is 38.3 Å². The van der Waals surface area contributed by atoms with E-state index in [9.17, 15) is 0 Å². The molecule has 0 fully saturated rings. The number of thiazole rings is 1. The Kier molecular flexibility index (Phi) is 5.60. The van der Waals surface area contributed by atoms with E-state index in [1.807, 2.05) is 6.92 Å². The Morgan fingerprint density at radius 2 is 2.15 bits per heavy atom. The zero-order valence-electron chi connectivity index (χ0n) is 12.6. The summed E-state index contributed by atoms with van der Waals surface area (Å²) in [6.45, 7) is 6.55. The van der Waals surface area contributed by atoms with Crippen LogP contribution in [0.5, 0.6) is 0 Å². The minimum atomic E-state index is 0.522. The van der Waals surface area contributed by atoms with Crippen LogP contribution in [0.4, 0.5) is 5.69 Å². The molecule has 0 spiro atoms. The van der Waals surface area contributed by atoms with Crippen LogP contribution in [0.2, 0.25) is 0 Å². The molecule has 0 radical (unpaired) electrons. The Balaban J connectivity index is 1.99. The summed E-state index contributed by atoms with van der Waals surface area (Å²) in [5, 5.41) is 6.83. The van der Waals surface area contributed by atoms with Gasteiger partial charge in [0.1, 0.15) is 0 Å². The Morgan fingerprint density at radius 1 is 1.30 bits per heavy atom. The van der Waals surface area contributed by atoms with E-state index in [0.29, 0.717) is 6.04 Å². The first-order chi connectivity index (χ1) is 9.69. The Labute approximate surface area is 126 Å². The van der Waals surface area contributed by atoms with Crippen molar-refractivity contribution in [2.75, 3.05) is 5.32 Å². The molecule has 2 nitrogen and oxygen atoms in total. The minimum Gasteiger partial charge on any atom is -0.383 e. The molecule has 0 bridgehead atoms. The number of hydrogen-bond donors (Lipinski definition) is 1. The monoisotopic (exact) mass is 288 g/mol. The average molecular weight is 288 g/mol. The van der Waals surface area contributed by atoms with Crippen LogP contribution in [-0.2, 0) is 0 Å². The second kappa shape index (κ2) is 7.44. The highest BCUT2D eigenvalue weighted by Gasteiger charge is 2.05. The van der Waals surface area contributed by atoms with Gasteiger partial charge in [-0.05, 0) is 32.4 Å². The van der Waals surface area contributed by atoms with E-state index in [-0.39, 0.29) is 0 Å². The first-order valence-electron chi connectivity index (χ1n) is 7.48. The lowest BCUT2D eigenvalue weighted by molar-refractivity contribution is 0.615. The van der Waals surface area contributed by atoms with E-state index < -0.39 is 0 Å². The summed E-state index contributed by atoms with van der Waals surface area (Å²) in [6, 6.07) is 9.09. The maximum atomic E-state index is 4.55. The SMILES string of the molecule is CCCCCC(C)Nc1cccc(-c2csc(C)n2)c1. The number of aromatic nitrogens is 1. The number of hydrogen-bond acceptors (Lipinski definition) is 3. The summed E-state index contributed by atoms with van der Waals surface area (Å²) in [5.74, 6) is 0. The molecule has 0 saturated carbocycles. The molecular formula is C17H24N2S. The summed E-state index contributed by atoms with van der Waals surface area (Å²) in [6.07, 6.45) is 5.14. The van der Waals surface area contributed by atoms with Gasteiger partial charge in [0.25, 0.3) is 0 Å². The fourth-order valence-corrected chi connectivity index (χ4v) is 2.94. The molecule has 1 unspecified atom stereocenters. The summed E-state index contributed by atoms with van der Waals surface area (Å²) >= 11 is 1.70. The van der Waals surface area contributed by atoms with Gasteiger partial charge in [0, 0.05) is 22.7 Å². The molecular weight excluding hydrogens is 264 g/mol. The van der Waals surface area contributed by atoms with Crippen molar-refractivity contribution in [2.24, 2.45) is 0 Å². The van der Waals surface area contributed by atoms with Crippen molar-refractivity contribution < 1.29 is 0 Å². The second-order valence-electron chi connectivity index (χ2n) is 5.37. The number of nitrogens with one attached hydrogen (secondary N) is 1. The van der Waals surface area contributed by atoms with Crippen molar-refractivity contribution in [2.45, 2.75) is 52.5 Å². The summed E-state index contributed by atoms with van der Waals surface area (Å²) in [5.41, 5.74) is 3.46. The van der Waals surface area contributed by atoms with E-state index >= 15 is 0 Å². The zero-order chi connectivity index (χ0) is 14.4. The molecule has 0 aliphatic rings. The van der Waals surface area contributed by atoms with Gasteiger partial charge in [-0.15, -0.1) is 11.3 Å². The summed E-state index contributed by atoms with van der Waals surface area (Å²) in [4.78, 5) is 4.55. The highest BCUT2D eigenvalue weighted by molar-refractivity contribution is 7.09. The van der Waals surface area contributed by atoms with Crippen LogP contribution in [0.25, 0.3) is 11.3 Å². The summed E-state index contributed by atoms with van der Waals surface area (Å²) < 4.78 is 0. The van der Waals surface area contributed by atoms with Gasteiger partial charge in [-0.3, -0.25) is 0 Å². The Hall–Kier alpha value is -1.35. The van der Waals surface area contributed by atoms with Gasteiger partial charge < -0.3 is 5.32 Å². The standard InChI is InChI=1S/C17H24N2S/c1-4-5-6-8-13(2)18-16-10-7-9-15(11-16)17-12-20-14(3)19-17/h7,9-13,18H,4-6,8H2,1-3H3. The predicted molar refractivity (Wildman–Crippen MR) is 89.5 cm³/mol. The van der Waals surface area contributed by atoms with Crippen molar-refractivity contribution in [3.63, 3.8) is 0 Å². The van der Waals surface area contributed by atoms with Crippen molar-refractivity contribution >= 4 is 17.0 Å². The van der Waals surface area contributed by atoms with Gasteiger partial charge in [0.2, 0.25) is 0 Å². The van der Waals surface area contributed by atoms with Crippen LogP contribution >= 0.6 is 11.3 Å². The van der Waals surface area contributed by atoms with E-state index in [0.717, 1.165) is 10.7 Å². The molecule has 1 aromatic carbocycles. The fraction of sp³-hybridized carbons (Fsp3) is 0.471. The first kappa shape index (κ1) is 15.0. The van der Waals surface area contributed by atoms with Crippen molar-refractivity contribution in [3.05, 3.63) is 34.7 Å². The quantitative estimate of drug-likeness (QED) is 0.680. The molecule has 0 saturated heterocycles. The fourth-order valence-electron chi connectivity index (χ4n) is 2.32. The van der Waals surface area contributed by atoms with Crippen LogP contribution in [0.1, 0.15) is 44.5 Å². The molecule has 0 aliphatic carbocycles. The molecule has 1 heterocycles. The average Bonchev–Trinajstić information content (AvgIpc) is 2.86. The molecule has 0 aliphatic heterocycles. The summed E-state index contributed by atoms with van der Waals surface area (Å²) in [7, 11) is 0. The van der Waals surface area contributed by atoms with Gasteiger partial charge in [-0.25, -0.2) is 4.98 Å². The van der Waals surface area contributed by atoms with Crippen molar-refractivity contribution in [1.82, 2.24) is 4.98 Å². The van der Waals surface area contributed by atoms with Crippen LogP contribution in [-0.4, -0.2) is 11.0 Å². The lowest BCUT2D eigenvalue weighted by Gasteiger charge is -2.15. The minimum absolute atomic E-state index is 0.522. The third kappa shape index (κ3) is 4.34. The van der Waals surface area contributed by atoms with Gasteiger partial charge in [-0.2, -0.15) is 0 Å². The Bertz CT molecular complexity index is 533. The van der Waals surface area contributed by atoms with Crippen LogP contribution in [0.3, 0.4) is 0 Å². The maximum Gasteiger partial charge on any atom is 0.0901 e. The molecule has 1 atom stereocenters. The van der Waals surface area contributed by atoms with Crippen LogP contribution in [0.15, 0.2) is 29.6 Å². The molecule has 3 heteroatoms. The number of aryl methyl sites for hydroxylation is 1. The molecule has 108 valence electrons. The van der Waals surface area contributed by atoms with Gasteiger partial charge in [0.15, 0.2) is 0 Å².